The molecular weight excluding hydrogens is 280 g/mol. The van der Waals surface area contributed by atoms with E-state index in [2.05, 4.69) is 10.5 Å². The molecule has 2 rings (SSSR count). The Morgan fingerprint density at radius 3 is 2.75 bits per heavy atom. The summed E-state index contributed by atoms with van der Waals surface area (Å²) in [6.45, 7) is 5.27. The molecule has 20 heavy (non-hydrogen) atoms. The Morgan fingerprint density at radius 1 is 1.45 bits per heavy atom. The zero-order valence-corrected chi connectivity index (χ0v) is 12.1. The van der Waals surface area contributed by atoms with Gasteiger partial charge in [-0.05, 0) is 31.2 Å². The van der Waals surface area contributed by atoms with Crippen LogP contribution in [0.4, 0.5) is 5.69 Å². The van der Waals surface area contributed by atoms with E-state index in [1.54, 1.807) is 19.2 Å². The second kappa shape index (κ2) is 5.46. The Morgan fingerprint density at radius 2 is 2.15 bits per heavy atom. The Labute approximate surface area is 119 Å². The van der Waals surface area contributed by atoms with Crippen molar-refractivity contribution in [2.45, 2.75) is 27.2 Å². The van der Waals surface area contributed by atoms with Gasteiger partial charge in [0.2, 0.25) is 0 Å². The zero-order chi connectivity index (χ0) is 14.9. The lowest BCUT2D eigenvalue weighted by molar-refractivity contribution is 0.0703. The van der Waals surface area contributed by atoms with E-state index in [4.69, 9.17) is 9.63 Å². The van der Waals surface area contributed by atoms with Crippen LogP contribution in [0.15, 0.2) is 9.90 Å². The molecule has 0 bridgehead atoms. The fourth-order valence-electron chi connectivity index (χ4n) is 1.88. The number of hydrogen-bond acceptors (Lipinski definition) is 5. The first-order valence-electron chi connectivity index (χ1n) is 6.03. The van der Waals surface area contributed by atoms with Crippen molar-refractivity contribution >= 4 is 28.9 Å². The summed E-state index contributed by atoms with van der Waals surface area (Å²) in [6, 6.07) is 0. The molecule has 0 radical (unpaired) electrons. The first kappa shape index (κ1) is 14.3. The minimum atomic E-state index is -1.06. The molecule has 0 aliphatic heterocycles. The fraction of sp³-hybridized carbons (Fsp3) is 0.308. The zero-order valence-electron chi connectivity index (χ0n) is 11.3. The maximum atomic E-state index is 12.3. The summed E-state index contributed by atoms with van der Waals surface area (Å²) in [5, 5.41) is 17.3. The van der Waals surface area contributed by atoms with Gasteiger partial charge in [0, 0.05) is 0 Å². The van der Waals surface area contributed by atoms with Crippen LogP contribution < -0.4 is 5.32 Å². The SMILES string of the molecule is CCc1noc(C)c1C(=O)Nc1c(C)csc1C(=O)O. The molecule has 0 spiro atoms. The lowest BCUT2D eigenvalue weighted by Gasteiger charge is -2.06. The van der Waals surface area contributed by atoms with Gasteiger partial charge in [0.05, 0.1) is 11.4 Å². The van der Waals surface area contributed by atoms with E-state index in [0.29, 0.717) is 34.7 Å². The number of amides is 1. The molecule has 7 heteroatoms. The van der Waals surface area contributed by atoms with Gasteiger partial charge in [-0.3, -0.25) is 4.79 Å². The van der Waals surface area contributed by atoms with Gasteiger partial charge in [-0.2, -0.15) is 0 Å². The Bertz CT molecular complexity index is 672. The van der Waals surface area contributed by atoms with Gasteiger partial charge in [0.15, 0.2) is 0 Å². The van der Waals surface area contributed by atoms with Crippen LogP contribution in [0.25, 0.3) is 0 Å². The second-order valence-electron chi connectivity index (χ2n) is 4.30. The molecule has 2 heterocycles. The summed E-state index contributed by atoms with van der Waals surface area (Å²) < 4.78 is 5.01. The van der Waals surface area contributed by atoms with Crippen molar-refractivity contribution in [1.82, 2.24) is 5.16 Å². The highest BCUT2D eigenvalue weighted by molar-refractivity contribution is 7.12. The van der Waals surface area contributed by atoms with Crippen molar-refractivity contribution in [2.75, 3.05) is 5.32 Å². The lowest BCUT2D eigenvalue weighted by atomic mass is 10.1. The molecular formula is C13H14N2O4S. The molecule has 2 N–H and O–H groups in total. The summed E-state index contributed by atoms with van der Waals surface area (Å²) in [5.74, 6) is -1.04. The van der Waals surface area contributed by atoms with Gasteiger partial charge in [0.1, 0.15) is 16.2 Å². The smallest absolute Gasteiger partial charge is 0.348 e. The van der Waals surface area contributed by atoms with Gasteiger partial charge in [0.25, 0.3) is 5.91 Å². The number of thiophene rings is 1. The fourth-order valence-corrected chi connectivity index (χ4v) is 2.73. The topological polar surface area (TPSA) is 92.4 Å². The minimum absolute atomic E-state index is 0.114. The number of nitrogens with one attached hydrogen (secondary N) is 1. The third kappa shape index (κ3) is 2.44. The molecule has 0 fully saturated rings. The monoisotopic (exact) mass is 294 g/mol. The van der Waals surface area contributed by atoms with E-state index in [0.717, 1.165) is 11.3 Å². The molecule has 106 valence electrons. The molecule has 1 amide bonds. The van der Waals surface area contributed by atoms with E-state index in [1.165, 1.54) is 0 Å². The number of carboxylic acids is 1. The molecule has 0 aliphatic rings. The van der Waals surface area contributed by atoms with Crippen molar-refractivity contribution in [1.29, 1.82) is 0 Å². The number of nitrogens with zero attached hydrogens (tertiary/aromatic N) is 1. The van der Waals surface area contributed by atoms with E-state index in [-0.39, 0.29) is 4.88 Å². The number of aryl methyl sites for hydroxylation is 3. The number of carboxylic acid groups (broad SMARTS) is 1. The predicted octanol–water partition coefficient (Wildman–Crippen LogP) is 2.87. The Balaban J connectivity index is 2.35. The summed E-state index contributed by atoms with van der Waals surface area (Å²) in [5.41, 5.74) is 1.97. The molecule has 2 aromatic rings. The van der Waals surface area contributed by atoms with Gasteiger partial charge in [-0.15, -0.1) is 11.3 Å². The van der Waals surface area contributed by atoms with Gasteiger partial charge >= 0.3 is 5.97 Å². The summed E-state index contributed by atoms with van der Waals surface area (Å²) in [4.78, 5) is 23.5. The third-order valence-electron chi connectivity index (χ3n) is 2.90. The summed E-state index contributed by atoms with van der Waals surface area (Å²) >= 11 is 1.08. The Hall–Kier alpha value is -2.15. The van der Waals surface area contributed by atoms with E-state index >= 15 is 0 Å². The van der Waals surface area contributed by atoms with E-state index in [1.807, 2.05) is 6.92 Å². The highest BCUT2D eigenvalue weighted by atomic mass is 32.1. The van der Waals surface area contributed by atoms with E-state index in [9.17, 15) is 9.59 Å². The number of anilines is 1. The van der Waals surface area contributed by atoms with Gasteiger partial charge in [-0.1, -0.05) is 12.1 Å². The number of rotatable bonds is 4. The van der Waals surface area contributed by atoms with Crippen molar-refractivity contribution in [2.24, 2.45) is 0 Å². The molecule has 0 unspecified atom stereocenters. The number of aromatic nitrogens is 1. The standard InChI is InChI=1S/C13H14N2O4S/c1-4-8-9(7(3)19-15-8)12(16)14-10-6(2)5-20-11(10)13(17)18/h5H,4H2,1-3H3,(H,14,16)(H,17,18). The normalized spacial score (nSPS) is 10.6. The molecule has 0 atom stereocenters. The first-order chi connectivity index (χ1) is 9.45. The maximum Gasteiger partial charge on any atom is 0.348 e. The molecule has 2 aromatic heterocycles. The molecule has 0 aliphatic carbocycles. The molecule has 0 aromatic carbocycles. The van der Waals surface area contributed by atoms with Crippen LogP contribution in [0.2, 0.25) is 0 Å². The summed E-state index contributed by atoms with van der Waals surface area (Å²) in [6.07, 6.45) is 0.564. The van der Waals surface area contributed by atoms with Crippen LogP contribution in [0.5, 0.6) is 0 Å². The molecule has 6 nitrogen and oxygen atoms in total. The quantitative estimate of drug-likeness (QED) is 0.904. The van der Waals surface area contributed by atoms with Crippen LogP contribution in [-0.2, 0) is 6.42 Å². The number of carbonyl (C=O) groups excluding carboxylic acids is 1. The first-order valence-corrected chi connectivity index (χ1v) is 6.91. The van der Waals surface area contributed by atoms with Crippen molar-refractivity contribution in [3.63, 3.8) is 0 Å². The summed E-state index contributed by atoms with van der Waals surface area (Å²) in [7, 11) is 0. The van der Waals surface area contributed by atoms with Crippen LogP contribution in [-0.4, -0.2) is 22.1 Å². The van der Waals surface area contributed by atoms with Gasteiger partial charge < -0.3 is 14.9 Å². The van der Waals surface area contributed by atoms with Crippen LogP contribution in [0, 0.1) is 13.8 Å². The van der Waals surface area contributed by atoms with Crippen LogP contribution >= 0.6 is 11.3 Å². The molecule has 0 saturated carbocycles. The highest BCUT2D eigenvalue weighted by Crippen LogP contribution is 2.28. The number of hydrogen-bond donors (Lipinski definition) is 2. The van der Waals surface area contributed by atoms with Crippen molar-refractivity contribution < 1.29 is 19.2 Å². The second-order valence-corrected chi connectivity index (χ2v) is 5.18. The van der Waals surface area contributed by atoms with Crippen LogP contribution in [0.1, 0.15) is 44.0 Å². The largest absolute Gasteiger partial charge is 0.477 e. The molecule has 0 saturated heterocycles. The Kier molecular flexibility index (Phi) is 3.89. The average Bonchev–Trinajstić information content (AvgIpc) is 2.93. The van der Waals surface area contributed by atoms with Crippen molar-refractivity contribution in [3.8, 4) is 0 Å². The van der Waals surface area contributed by atoms with Gasteiger partial charge in [-0.25, -0.2) is 4.79 Å². The highest BCUT2D eigenvalue weighted by Gasteiger charge is 2.23. The maximum absolute atomic E-state index is 12.3. The van der Waals surface area contributed by atoms with E-state index < -0.39 is 11.9 Å². The minimum Gasteiger partial charge on any atom is -0.477 e. The van der Waals surface area contributed by atoms with Crippen LogP contribution in [0.3, 0.4) is 0 Å². The predicted molar refractivity (Wildman–Crippen MR) is 74.6 cm³/mol. The number of carbonyl (C=O) groups is 2. The van der Waals surface area contributed by atoms with Crippen molar-refractivity contribution in [3.05, 3.63) is 32.8 Å². The number of aromatic carboxylic acids is 1. The average molecular weight is 294 g/mol. The lowest BCUT2D eigenvalue weighted by Crippen LogP contribution is -2.16. The third-order valence-corrected chi connectivity index (χ3v) is 3.99.